The molecule has 0 amide bonds. The molecule has 5 nitrogen and oxygen atoms in total. The molecule has 0 spiro atoms. The van der Waals surface area contributed by atoms with Crippen molar-refractivity contribution in [2.75, 3.05) is 5.32 Å². The van der Waals surface area contributed by atoms with E-state index >= 15 is 0 Å². The highest BCUT2D eigenvalue weighted by atomic mass is 35.5. The first-order valence-corrected chi connectivity index (χ1v) is 8.48. The number of oxime groups is 1. The maximum atomic E-state index is 13.3. The predicted molar refractivity (Wildman–Crippen MR) is 95.5 cm³/mol. The molecule has 7 heteroatoms. The molecule has 1 saturated carbocycles. The molecule has 128 valence electrons. The second-order valence-corrected chi connectivity index (χ2v) is 6.67. The lowest BCUT2D eigenvalue weighted by Gasteiger charge is -2.09. The van der Waals surface area contributed by atoms with Gasteiger partial charge in [0, 0.05) is 30.2 Å². The Kier molecular flexibility index (Phi) is 4.13. The van der Waals surface area contributed by atoms with E-state index in [1.165, 1.54) is 6.07 Å². The van der Waals surface area contributed by atoms with Gasteiger partial charge in [0.05, 0.1) is 16.8 Å². The molecular formula is C18H16ClFN4O. The summed E-state index contributed by atoms with van der Waals surface area (Å²) in [6.07, 6.45) is 4.91. The molecule has 1 aromatic heterocycles. The monoisotopic (exact) mass is 358 g/mol. The normalized spacial score (nSPS) is 18.3. The number of aromatic nitrogens is 1. The van der Waals surface area contributed by atoms with E-state index in [1.54, 1.807) is 18.3 Å². The minimum Gasteiger partial charge on any atom is -0.411 e. The number of aliphatic imine (C=N–C) groups is 1. The topological polar surface area (TPSA) is 69.9 Å². The molecule has 0 radical (unpaired) electrons. The number of nitrogens with one attached hydrogen (secondary N) is 1. The molecular weight excluding hydrogens is 343 g/mol. The van der Waals surface area contributed by atoms with Gasteiger partial charge >= 0.3 is 0 Å². The Morgan fingerprint density at radius 1 is 1.36 bits per heavy atom. The first-order chi connectivity index (χ1) is 12.1. The minimum absolute atomic E-state index is 0.0512. The van der Waals surface area contributed by atoms with Crippen molar-refractivity contribution < 1.29 is 9.60 Å². The first-order valence-electron chi connectivity index (χ1n) is 8.11. The number of nitrogens with zero attached hydrogens (tertiary/aromatic N) is 3. The number of hydrogen-bond acceptors (Lipinski definition) is 4. The van der Waals surface area contributed by atoms with E-state index in [2.05, 4.69) is 20.4 Å². The Labute approximate surface area is 149 Å². The molecule has 4 rings (SSSR count). The molecule has 2 aliphatic rings. The van der Waals surface area contributed by atoms with Crippen LogP contribution in [0.4, 0.5) is 10.2 Å². The number of benzene rings is 1. The zero-order chi connectivity index (χ0) is 17.4. The van der Waals surface area contributed by atoms with Crippen molar-refractivity contribution >= 4 is 29.0 Å². The van der Waals surface area contributed by atoms with E-state index in [0.29, 0.717) is 24.6 Å². The van der Waals surface area contributed by atoms with E-state index in [0.717, 1.165) is 41.2 Å². The lowest BCUT2D eigenvalue weighted by molar-refractivity contribution is 0.318. The highest BCUT2D eigenvalue weighted by molar-refractivity contribution is 6.30. The number of hydrogen-bond donors (Lipinski definition) is 2. The fourth-order valence-electron chi connectivity index (χ4n) is 2.93. The van der Waals surface area contributed by atoms with Crippen LogP contribution in [0.3, 0.4) is 0 Å². The number of fused-ring (bicyclic) bond motifs is 1. The molecule has 1 aromatic carbocycles. The summed E-state index contributed by atoms with van der Waals surface area (Å²) in [4.78, 5) is 8.99. The Balaban J connectivity index is 1.62. The molecule has 1 aliphatic heterocycles. The van der Waals surface area contributed by atoms with Crippen LogP contribution >= 0.6 is 11.6 Å². The molecule has 0 unspecified atom stereocenters. The molecule has 2 N–H and O–H groups in total. The number of amidine groups is 1. The maximum absolute atomic E-state index is 13.3. The third-order valence-corrected chi connectivity index (χ3v) is 4.62. The quantitative estimate of drug-likeness (QED) is 0.496. The third kappa shape index (κ3) is 3.35. The highest BCUT2D eigenvalue weighted by Crippen LogP contribution is 2.29. The Morgan fingerprint density at radius 2 is 2.20 bits per heavy atom. The van der Waals surface area contributed by atoms with Gasteiger partial charge in [-0.25, -0.2) is 9.37 Å². The van der Waals surface area contributed by atoms with Crippen molar-refractivity contribution in [3.63, 3.8) is 0 Å². The molecule has 1 fully saturated rings. The van der Waals surface area contributed by atoms with Crippen molar-refractivity contribution in [2.24, 2.45) is 10.1 Å². The predicted octanol–water partition coefficient (Wildman–Crippen LogP) is 3.82. The van der Waals surface area contributed by atoms with Gasteiger partial charge in [-0.2, -0.15) is 0 Å². The maximum Gasteiger partial charge on any atom is 0.141 e. The largest absolute Gasteiger partial charge is 0.411 e. The Hall–Kier alpha value is -2.47. The third-order valence-electron chi connectivity index (χ3n) is 4.34. The van der Waals surface area contributed by atoms with Gasteiger partial charge in [-0.05, 0) is 36.6 Å². The van der Waals surface area contributed by atoms with Gasteiger partial charge in [-0.3, -0.25) is 4.99 Å². The first kappa shape index (κ1) is 16.0. The van der Waals surface area contributed by atoms with E-state index in [1.807, 2.05) is 6.07 Å². The smallest absolute Gasteiger partial charge is 0.141 e. The van der Waals surface area contributed by atoms with Gasteiger partial charge in [-0.15, -0.1) is 0 Å². The van der Waals surface area contributed by atoms with Gasteiger partial charge in [-0.1, -0.05) is 22.8 Å². The zero-order valence-electron chi connectivity index (χ0n) is 13.3. The molecule has 0 saturated heterocycles. The fraction of sp³-hybridized carbons (Fsp3) is 0.278. The summed E-state index contributed by atoms with van der Waals surface area (Å²) < 4.78 is 13.3. The summed E-state index contributed by atoms with van der Waals surface area (Å²) >= 11 is 5.84. The zero-order valence-corrected chi connectivity index (χ0v) is 14.1. The summed E-state index contributed by atoms with van der Waals surface area (Å²) in [5.41, 5.74) is 3.02. The lowest BCUT2D eigenvalue weighted by atomic mass is 9.98. The van der Waals surface area contributed by atoms with Gasteiger partial charge in [0.25, 0.3) is 0 Å². The summed E-state index contributed by atoms with van der Waals surface area (Å²) in [6.45, 7) is 0. The van der Waals surface area contributed by atoms with Crippen molar-refractivity contribution in [3.8, 4) is 0 Å². The van der Waals surface area contributed by atoms with Crippen molar-refractivity contribution in [1.29, 1.82) is 0 Å². The number of halogens is 2. The summed E-state index contributed by atoms with van der Waals surface area (Å²) in [7, 11) is 0. The second-order valence-electron chi connectivity index (χ2n) is 6.27. The van der Waals surface area contributed by atoms with Crippen LogP contribution in [0.2, 0.25) is 5.02 Å². The summed E-state index contributed by atoms with van der Waals surface area (Å²) in [5, 5.41) is 16.3. The van der Waals surface area contributed by atoms with Crippen LogP contribution in [0.25, 0.3) is 0 Å². The van der Waals surface area contributed by atoms with Crippen LogP contribution < -0.4 is 5.32 Å². The minimum atomic E-state index is -0.470. The highest BCUT2D eigenvalue weighted by Gasteiger charge is 2.27. The van der Waals surface area contributed by atoms with Crippen LogP contribution in [-0.4, -0.2) is 27.8 Å². The molecule has 0 atom stereocenters. The summed E-state index contributed by atoms with van der Waals surface area (Å²) in [6, 6.07) is 6.73. The lowest BCUT2D eigenvalue weighted by Crippen LogP contribution is -2.09. The molecule has 0 bridgehead atoms. The molecule has 2 heterocycles. The van der Waals surface area contributed by atoms with Crippen molar-refractivity contribution in [3.05, 3.63) is 58.0 Å². The van der Waals surface area contributed by atoms with Crippen LogP contribution in [0, 0.1) is 5.82 Å². The number of rotatable bonds is 4. The van der Waals surface area contributed by atoms with Crippen LogP contribution in [-0.2, 0) is 12.8 Å². The van der Waals surface area contributed by atoms with Crippen LogP contribution in [0.1, 0.15) is 29.5 Å². The summed E-state index contributed by atoms with van der Waals surface area (Å²) in [5.74, 6) is 1.18. The SMILES string of the molecule is O/N=C(\Cc1ccc(F)c(Cl)c1)c1ccnc2c1CC(=NC1CC1)N2. The molecule has 2 aromatic rings. The molecule has 1 aliphatic carbocycles. The van der Waals surface area contributed by atoms with E-state index < -0.39 is 5.82 Å². The van der Waals surface area contributed by atoms with E-state index in [4.69, 9.17) is 11.6 Å². The average molecular weight is 359 g/mol. The van der Waals surface area contributed by atoms with Crippen LogP contribution in [0.15, 0.2) is 40.6 Å². The van der Waals surface area contributed by atoms with Crippen LogP contribution in [0.5, 0.6) is 0 Å². The van der Waals surface area contributed by atoms with Gasteiger partial charge in [0.2, 0.25) is 0 Å². The Bertz CT molecular complexity index is 893. The molecule has 25 heavy (non-hydrogen) atoms. The number of pyridine rings is 1. The van der Waals surface area contributed by atoms with E-state index in [9.17, 15) is 9.60 Å². The average Bonchev–Trinajstić information content (AvgIpc) is 3.31. The van der Waals surface area contributed by atoms with E-state index in [-0.39, 0.29) is 5.02 Å². The second kappa shape index (κ2) is 6.44. The van der Waals surface area contributed by atoms with Gasteiger partial charge < -0.3 is 10.5 Å². The van der Waals surface area contributed by atoms with Gasteiger partial charge in [0.15, 0.2) is 0 Å². The Morgan fingerprint density at radius 3 is 2.92 bits per heavy atom. The standard InChI is InChI=1S/C18H16ClFN4O/c19-14-7-10(1-4-15(14)20)8-16(24-25)12-5-6-21-18-13(12)9-17(23-18)22-11-2-3-11/h1,4-7,11,25H,2-3,8-9H2,(H,21,22,23)/b24-16+. The van der Waals surface area contributed by atoms with Gasteiger partial charge in [0.1, 0.15) is 17.5 Å². The van der Waals surface area contributed by atoms with Crippen molar-refractivity contribution in [1.82, 2.24) is 4.98 Å². The fourth-order valence-corrected chi connectivity index (χ4v) is 3.13. The number of anilines is 1. The van der Waals surface area contributed by atoms with Crippen molar-refractivity contribution in [2.45, 2.75) is 31.7 Å².